The topological polar surface area (TPSA) is 141 Å². The van der Waals surface area contributed by atoms with Gasteiger partial charge in [-0.05, 0) is 29.8 Å². The molecule has 3 aromatic rings. The number of hydrogen-bond donors (Lipinski definition) is 3. The smallest absolute Gasteiger partial charge is 0.320 e. The number of carbonyl (C=O) groups excluding carboxylic acids is 4. The number of halogens is 1. The molecule has 2 aromatic carbocycles. The van der Waals surface area contributed by atoms with Gasteiger partial charge in [-0.1, -0.05) is 24.3 Å². The SMILES string of the molecule is NC(=O)[C@@H](Cc1c[nH]c2ccccc12)NC(=O)[C@H]1CN(C(=O)c2cccc(F)c2)CCN1C(=O)N1CCOCC1. The number of nitrogens with two attached hydrogens (primary N) is 1. The lowest BCUT2D eigenvalue weighted by atomic mass is 10.0. The van der Waals surface area contributed by atoms with Gasteiger partial charge < -0.3 is 35.5 Å². The summed E-state index contributed by atoms with van der Waals surface area (Å²) in [5.41, 5.74) is 7.51. The minimum absolute atomic E-state index is 0.0824. The molecule has 2 aliphatic heterocycles. The Labute approximate surface area is 230 Å². The molecule has 5 amide bonds. The standard InChI is InChI=1S/C28H31FN6O5/c29-20-5-3-4-18(14-20)27(38)34-8-9-35(28(39)33-10-12-40-13-11-33)24(17-34)26(37)32-23(25(30)36)15-19-16-31-22-7-2-1-6-21(19)22/h1-7,14,16,23-24,31H,8-13,15,17H2,(H2,30,36)(H,32,37)/t23-,24-/m1/s1. The summed E-state index contributed by atoms with van der Waals surface area (Å²) < 4.78 is 19.1. The van der Waals surface area contributed by atoms with Crippen molar-refractivity contribution in [2.45, 2.75) is 18.5 Å². The number of hydrogen-bond acceptors (Lipinski definition) is 5. The Balaban J connectivity index is 1.37. The van der Waals surface area contributed by atoms with Crippen LogP contribution in [0.25, 0.3) is 10.9 Å². The Bertz CT molecular complexity index is 1420. The van der Waals surface area contributed by atoms with Crippen LogP contribution in [0.5, 0.6) is 0 Å². The molecule has 0 aliphatic carbocycles. The Morgan fingerprint density at radius 2 is 1.80 bits per heavy atom. The highest BCUT2D eigenvalue weighted by molar-refractivity contribution is 5.96. The normalized spacial score (nSPS) is 18.4. The highest BCUT2D eigenvalue weighted by Crippen LogP contribution is 2.21. The fourth-order valence-electron chi connectivity index (χ4n) is 5.17. The number of nitrogens with zero attached hydrogens (tertiary/aromatic N) is 3. The number of aromatic nitrogens is 1. The van der Waals surface area contributed by atoms with E-state index in [1.54, 1.807) is 11.1 Å². The molecule has 2 saturated heterocycles. The van der Waals surface area contributed by atoms with Gasteiger partial charge in [-0.2, -0.15) is 0 Å². The van der Waals surface area contributed by atoms with Crippen molar-refractivity contribution in [3.63, 3.8) is 0 Å². The number of amides is 5. The van der Waals surface area contributed by atoms with E-state index in [0.717, 1.165) is 22.5 Å². The first-order chi connectivity index (χ1) is 19.3. The van der Waals surface area contributed by atoms with Gasteiger partial charge in [0.25, 0.3) is 5.91 Å². The average Bonchev–Trinajstić information content (AvgIpc) is 3.38. The van der Waals surface area contributed by atoms with E-state index in [9.17, 15) is 23.6 Å². The molecular weight excluding hydrogens is 519 g/mol. The summed E-state index contributed by atoms with van der Waals surface area (Å²) in [6.45, 7) is 1.63. The number of aromatic amines is 1. The molecule has 12 heteroatoms. The monoisotopic (exact) mass is 550 g/mol. The minimum atomic E-state index is -1.09. The number of H-pyrrole nitrogens is 1. The quantitative estimate of drug-likeness (QED) is 0.422. The molecule has 3 heterocycles. The number of rotatable bonds is 6. The second-order valence-corrected chi connectivity index (χ2v) is 9.88. The van der Waals surface area contributed by atoms with Crippen LogP contribution in [-0.2, 0) is 20.7 Å². The summed E-state index contributed by atoms with van der Waals surface area (Å²) >= 11 is 0. The predicted molar refractivity (Wildman–Crippen MR) is 144 cm³/mol. The number of morpholine rings is 1. The molecule has 0 spiro atoms. The molecule has 0 saturated carbocycles. The molecule has 1 aromatic heterocycles. The van der Waals surface area contributed by atoms with Crippen molar-refractivity contribution in [1.82, 2.24) is 25.0 Å². The Kier molecular flexibility index (Phi) is 7.96. The first-order valence-corrected chi connectivity index (χ1v) is 13.1. The molecule has 2 fully saturated rings. The van der Waals surface area contributed by atoms with E-state index in [1.165, 1.54) is 28.0 Å². The number of fused-ring (bicyclic) bond motifs is 1. The number of benzene rings is 2. The maximum absolute atomic E-state index is 13.8. The molecule has 11 nitrogen and oxygen atoms in total. The van der Waals surface area contributed by atoms with Crippen molar-refractivity contribution in [3.05, 3.63) is 71.7 Å². The third-order valence-electron chi connectivity index (χ3n) is 7.33. The van der Waals surface area contributed by atoms with Crippen molar-refractivity contribution in [1.29, 1.82) is 0 Å². The summed E-state index contributed by atoms with van der Waals surface area (Å²) in [4.78, 5) is 60.3. The van der Waals surface area contributed by atoms with E-state index in [0.29, 0.717) is 26.3 Å². The first kappa shape index (κ1) is 27.1. The van der Waals surface area contributed by atoms with Crippen molar-refractivity contribution in [2.24, 2.45) is 5.73 Å². The van der Waals surface area contributed by atoms with Gasteiger partial charge in [-0.15, -0.1) is 0 Å². The number of para-hydroxylation sites is 1. The van der Waals surface area contributed by atoms with Gasteiger partial charge in [-0.25, -0.2) is 9.18 Å². The van der Waals surface area contributed by atoms with Crippen molar-refractivity contribution < 1.29 is 28.3 Å². The molecule has 210 valence electrons. The third-order valence-corrected chi connectivity index (χ3v) is 7.33. The maximum Gasteiger partial charge on any atom is 0.320 e. The second-order valence-electron chi connectivity index (χ2n) is 9.88. The summed E-state index contributed by atoms with van der Waals surface area (Å²) in [5, 5.41) is 3.62. The minimum Gasteiger partial charge on any atom is -0.378 e. The maximum atomic E-state index is 13.8. The fourth-order valence-corrected chi connectivity index (χ4v) is 5.17. The van der Waals surface area contributed by atoms with Crippen LogP contribution in [0, 0.1) is 5.82 Å². The summed E-state index contributed by atoms with van der Waals surface area (Å²) in [6.07, 6.45) is 1.90. The van der Waals surface area contributed by atoms with Gasteiger partial charge in [0.15, 0.2) is 0 Å². The highest BCUT2D eigenvalue weighted by atomic mass is 19.1. The van der Waals surface area contributed by atoms with Crippen LogP contribution in [0.15, 0.2) is 54.7 Å². The number of primary amides is 1. The molecule has 2 atom stereocenters. The number of carbonyl (C=O) groups is 4. The van der Waals surface area contributed by atoms with E-state index in [4.69, 9.17) is 10.5 Å². The van der Waals surface area contributed by atoms with Crippen LogP contribution in [0.1, 0.15) is 15.9 Å². The van der Waals surface area contributed by atoms with Crippen LogP contribution in [0.2, 0.25) is 0 Å². The van der Waals surface area contributed by atoms with E-state index in [1.807, 2.05) is 24.3 Å². The zero-order valence-corrected chi connectivity index (χ0v) is 21.8. The summed E-state index contributed by atoms with van der Waals surface area (Å²) in [7, 11) is 0. The zero-order valence-electron chi connectivity index (χ0n) is 21.8. The number of piperazine rings is 1. The van der Waals surface area contributed by atoms with E-state index >= 15 is 0 Å². The number of ether oxygens (including phenoxy) is 1. The average molecular weight is 551 g/mol. The summed E-state index contributed by atoms with van der Waals surface area (Å²) in [5.74, 6) is -2.35. The summed E-state index contributed by atoms with van der Waals surface area (Å²) in [6, 6.07) is 10.4. The largest absolute Gasteiger partial charge is 0.378 e. The molecule has 0 bridgehead atoms. The fraction of sp³-hybridized carbons (Fsp3) is 0.357. The Morgan fingerprint density at radius 3 is 2.55 bits per heavy atom. The van der Waals surface area contributed by atoms with Crippen molar-refractivity contribution in [3.8, 4) is 0 Å². The van der Waals surface area contributed by atoms with E-state index in [2.05, 4.69) is 10.3 Å². The highest BCUT2D eigenvalue weighted by Gasteiger charge is 2.40. The Hall–Kier alpha value is -4.45. The van der Waals surface area contributed by atoms with Crippen LogP contribution in [0.4, 0.5) is 9.18 Å². The zero-order chi connectivity index (χ0) is 28.2. The predicted octanol–water partition coefficient (Wildman–Crippen LogP) is 1.10. The van der Waals surface area contributed by atoms with Crippen LogP contribution in [-0.4, -0.2) is 101 Å². The van der Waals surface area contributed by atoms with Gasteiger partial charge in [0.1, 0.15) is 17.9 Å². The molecule has 5 rings (SSSR count). The third kappa shape index (κ3) is 5.76. The van der Waals surface area contributed by atoms with Gasteiger partial charge in [-0.3, -0.25) is 14.4 Å². The molecule has 4 N–H and O–H groups in total. The lowest BCUT2D eigenvalue weighted by Gasteiger charge is -2.43. The van der Waals surface area contributed by atoms with Crippen molar-refractivity contribution >= 4 is 34.7 Å². The van der Waals surface area contributed by atoms with Crippen LogP contribution < -0.4 is 11.1 Å². The van der Waals surface area contributed by atoms with Gasteiger partial charge >= 0.3 is 6.03 Å². The lowest BCUT2D eigenvalue weighted by molar-refractivity contribution is -0.131. The molecule has 0 unspecified atom stereocenters. The van der Waals surface area contributed by atoms with Gasteiger partial charge in [0, 0.05) is 55.3 Å². The molecule has 2 aliphatic rings. The van der Waals surface area contributed by atoms with Crippen LogP contribution >= 0.6 is 0 Å². The first-order valence-electron chi connectivity index (χ1n) is 13.1. The lowest BCUT2D eigenvalue weighted by Crippen LogP contribution is -2.65. The second kappa shape index (κ2) is 11.7. The number of urea groups is 1. The van der Waals surface area contributed by atoms with Crippen molar-refractivity contribution in [2.75, 3.05) is 45.9 Å². The Morgan fingerprint density at radius 1 is 1.02 bits per heavy atom. The van der Waals surface area contributed by atoms with Gasteiger partial charge in [0.05, 0.1) is 19.8 Å². The molecule has 40 heavy (non-hydrogen) atoms. The van der Waals surface area contributed by atoms with E-state index in [-0.39, 0.29) is 37.6 Å². The molecular formula is C28H31FN6O5. The van der Waals surface area contributed by atoms with Gasteiger partial charge in [0.2, 0.25) is 11.8 Å². The van der Waals surface area contributed by atoms with Crippen LogP contribution in [0.3, 0.4) is 0 Å². The number of nitrogens with one attached hydrogen (secondary N) is 2. The van der Waals surface area contributed by atoms with E-state index < -0.39 is 35.6 Å². The molecule has 0 radical (unpaired) electrons.